The summed E-state index contributed by atoms with van der Waals surface area (Å²) in [7, 11) is 0. The molecule has 1 aromatic heterocycles. The van der Waals surface area contributed by atoms with Gasteiger partial charge in [-0.15, -0.1) is 0 Å². The maximum atomic E-state index is 9.27. The van der Waals surface area contributed by atoms with E-state index in [1.165, 1.54) is 0 Å². The van der Waals surface area contributed by atoms with Crippen molar-refractivity contribution in [3.05, 3.63) is 35.0 Å². The van der Waals surface area contributed by atoms with Gasteiger partial charge in [0, 0.05) is 11.9 Å². The maximum Gasteiger partial charge on any atom is 0.149 e. The van der Waals surface area contributed by atoms with Crippen LogP contribution < -0.4 is 5.32 Å². The first-order valence-corrected chi connectivity index (χ1v) is 6.52. The molecular weight excluding hydrogens is 258 g/mol. The lowest BCUT2D eigenvalue weighted by Crippen LogP contribution is -2.19. The number of benzene rings is 1. The zero-order valence-corrected chi connectivity index (χ0v) is 12.0. The second kappa shape index (κ2) is 5.07. The number of halogens is 1. The summed E-state index contributed by atoms with van der Waals surface area (Å²) in [6, 6.07) is 9.82. The molecule has 0 spiro atoms. The maximum absolute atomic E-state index is 9.27. The van der Waals surface area contributed by atoms with Crippen LogP contribution in [-0.4, -0.2) is 11.5 Å². The van der Waals surface area contributed by atoms with Crippen molar-refractivity contribution in [1.29, 1.82) is 5.26 Å². The van der Waals surface area contributed by atoms with Gasteiger partial charge in [0.1, 0.15) is 16.8 Å². The summed E-state index contributed by atoms with van der Waals surface area (Å²) in [6.45, 7) is 7.16. The van der Waals surface area contributed by atoms with Gasteiger partial charge in [-0.1, -0.05) is 50.6 Å². The molecule has 1 aromatic carbocycles. The second-order valence-corrected chi connectivity index (χ2v) is 6.05. The van der Waals surface area contributed by atoms with Gasteiger partial charge in [-0.05, 0) is 11.5 Å². The smallest absolute Gasteiger partial charge is 0.149 e. The molecule has 1 heterocycles. The summed E-state index contributed by atoms with van der Waals surface area (Å²) < 4.78 is 0. The third kappa shape index (κ3) is 2.97. The van der Waals surface area contributed by atoms with E-state index in [2.05, 4.69) is 37.1 Å². The molecule has 2 rings (SSSR count). The lowest BCUT2D eigenvalue weighted by atomic mass is 9.96. The molecule has 2 aromatic rings. The zero-order chi connectivity index (χ0) is 14.0. The van der Waals surface area contributed by atoms with Crippen molar-refractivity contribution < 1.29 is 0 Å². The Hall–Kier alpha value is -1.79. The number of aromatic nitrogens is 1. The molecule has 1 N–H and O–H groups in total. The first-order valence-electron chi connectivity index (χ1n) is 6.14. The van der Waals surface area contributed by atoms with Crippen molar-refractivity contribution in [3.63, 3.8) is 0 Å². The highest BCUT2D eigenvalue weighted by Gasteiger charge is 2.16. The van der Waals surface area contributed by atoms with E-state index < -0.39 is 0 Å². The summed E-state index contributed by atoms with van der Waals surface area (Å²) in [6.07, 6.45) is 0. The molecule has 0 fully saturated rings. The van der Waals surface area contributed by atoms with Crippen LogP contribution in [0.1, 0.15) is 26.3 Å². The van der Waals surface area contributed by atoms with Gasteiger partial charge >= 0.3 is 0 Å². The Morgan fingerprint density at radius 2 is 2.00 bits per heavy atom. The van der Waals surface area contributed by atoms with Crippen LogP contribution in [0.2, 0.25) is 5.15 Å². The monoisotopic (exact) mass is 273 g/mol. The Morgan fingerprint density at radius 3 is 2.63 bits per heavy atom. The molecule has 0 atom stereocenters. The molecule has 0 saturated carbocycles. The molecule has 4 heteroatoms. The van der Waals surface area contributed by atoms with Crippen LogP contribution in [0, 0.1) is 16.7 Å². The van der Waals surface area contributed by atoms with E-state index in [4.69, 9.17) is 11.6 Å². The SMILES string of the molecule is CC(C)(C)CNc1c(C#N)c(Cl)nc2ccccc12. The molecule has 0 unspecified atom stereocenters. The average molecular weight is 274 g/mol. The van der Waals surface area contributed by atoms with Gasteiger partial charge in [0.2, 0.25) is 0 Å². The Morgan fingerprint density at radius 1 is 1.32 bits per heavy atom. The van der Waals surface area contributed by atoms with Crippen molar-refractivity contribution in [2.24, 2.45) is 5.41 Å². The largest absolute Gasteiger partial charge is 0.383 e. The van der Waals surface area contributed by atoms with E-state index in [1.807, 2.05) is 24.3 Å². The number of rotatable bonds is 2. The van der Waals surface area contributed by atoms with Gasteiger partial charge in [0.15, 0.2) is 0 Å². The minimum atomic E-state index is 0.115. The number of anilines is 1. The van der Waals surface area contributed by atoms with E-state index in [0.717, 1.165) is 23.1 Å². The number of hydrogen-bond donors (Lipinski definition) is 1. The summed E-state index contributed by atoms with van der Waals surface area (Å²) >= 11 is 6.08. The quantitative estimate of drug-likeness (QED) is 0.834. The molecule has 0 amide bonds. The fourth-order valence-electron chi connectivity index (χ4n) is 1.82. The first kappa shape index (κ1) is 13.6. The number of pyridine rings is 1. The van der Waals surface area contributed by atoms with Crippen LogP contribution >= 0.6 is 11.6 Å². The summed E-state index contributed by atoms with van der Waals surface area (Å²) in [5.41, 5.74) is 2.09. The summed E-state index contributed by atoms with van der Waals surface area (Å²) in [4.78, 5) is 4.25. The van der Waals surface area contributed by atoms with E-state index in [-0.39, 0.29) is 10.6 Å². The zero-order valence-electron chi connectivity index (χ0n) is 11.3. The van der Waals surface area contributed by atoms with Crippen LogP contribution in [0.3, 0.4) is 0 Å². The topological polar surface area (TPSA) is 48.7 Å². The van der Waals surface area contributed by atoms with Gasteiger partial charge < -0.3 is 5.32 Å². The van der Waals surface area contributed by atoms with E-state index in [0.29, 0.717) is 5.56 Å². The number of fused-ring (bicyclic) bond motifs is 1. The molecular formula is C15H16ClN3. The van der Waals surface area contributed by atoms with Crippen molar-refractivity contribution in [3.8, 4) is 6.07 Å². The molecule has 98 valence electrons. The fraction of sp³-hybridized carbons (Fsp3) is 0.333. The first-order chi connectivity index (χ1) is 8.92. The number of hydrogen-bond acceptors (Lipinski definition) is 3. The van der Waals surface area contributed by atoms with Crippen molar-refractivity contribution in [1.82, 2.24) is 4.98 Å². The normalized spacial score (nSPS) is 11.3. The fourth-order valence-corrected chi connectivity index (χ4v) is 2.05. The van der Waals surface area contributed by atoms with Gasteiger partial charge in [0.05, 0.1) is 11.2 Å². The number of nitrogens with one attached hydrogen (secondary N) is 1. The molecule has 3 nitrogen and oxygen atoms in total. The lowest BCUT2D eigenvalue weighted by molar-refractivity contribution is 0.443. The lowest BCUT2D eigenvalue weighted by Gasteiger charge is -2.21. The highest BCUT2D eigenvalue weighted by Crippen LogP contribution is 2.31. The van der Waals surface area contributed by atoms with E-state index in [9.17, 15) is 5.26 Å². The van der Waals surface area contributed by atoms with E-state index >= 15 is 0 Å². The summed E-state index contributed by atoms with van der Waals surface area (Å²) in [5.74, 6) is 0. The number of para-hydroxylation sites is 1. The second-order valence-electron chi connectivity index (χ2n) is 5.70. The van der Waals surface area contributed by atoms with Crippen molar-refractivity contribution in [2.75, 3.05) is 11.9 Å². The van der Waals surface area contributed by atoms with Crippen LogP contribution in [0.4, 0.5) is 5.69 Å². The molecule has 0 aliphatic carbocycles. The molecule has 0 saturated heterocycles. The van der Waals surface area contributed by atoms with Crippen molar-refractivity contribution in [2.45, 2.75) is 20.8 Å². The average Bonchev–Trinajstić information content (AvgIpc) is 2.34. The predicted molar refractivity (Wildman–Crippen MR) is 79.4 cm³/mol. The van der Waals surface area contributed by atoms with Crippen LogP contribution in [0.15, 0.2) is 24.3 Å². The highest BCUT2D eigenvalue weighted by atomic mass is 35.5. The minimum absolute atomic E-state index is 0.115. The van der Waals surface area contributed by atoms with Crippen LogP contribution in [0.5, 0.6) is 0 Å². The van der Waals surface area contributed by atoms with Crippen LogP contribution in [-0.2, 0) is 0 Å². The molecule has 0 radical (unpaired) electrons. The molecule has 0 aliphatic rings. The molecule has 19 heavy (non-hydrogen) atoms. The molecule has 0 bridgehead atoms. The minimum Gasteiger partial charge on any atom is -0.383 e. The van der Waals surface area contributed by atoms with Crippen LogP contribution in [0.25, 0.3) is 10.9 Å². The third-order valence-electron chi connectivity index (χ3n) is 2.76. The highest BCUT2D eigenvalue weighted by molar-refractivity contribution is 6.31. The molecule has 0 aliphatic heterocycles. The predicted octanol–water partition coefficient (Wildman–Crippen LogP) is 4.22. The van der Waals surface area contributed by atoms with Crippen molar-refractivity contribution >= 4 is 28.2 Å². The Balaban J connectivity index is 2.58. The summed E-state index contributed by atoms with van der Waals surface area (Å²) in [5, 5.41) is 13.8. The van der Waals surface area contributed by atoms with Gasteiger partial charge in [0.25, 0.3) is 0 Å². The van der Waals surface area contributed by atoms with E-state index in [1.54, 1.807) is 0 Å². The van der Waals surface area contributed by atoms with Gasteiger partial charge in [-0.2, -0.15) is 5.26 Å². The van der Waals surface area contributed by atoms with Gasteiger partial charge in [-0.25, -0.2) is 4.98 Å². The Kier molecular flexibility index (Phi) is 3.64. The van der Waals surface area contributed by atoms with Gasteiger partial charge in [-0.3, -0.25) is 0 Å². The standard InChI is InChI=1S/C15H16ClN3/c1-15(2,3)9-18-13-10-6-4-5-7-12(10)19-14(16)11(13)8-17/h4-7H,9H2,1-3H3,(H,18,19). The third-order valence-corrected chi connectivity index (χ3v) is 3.03. The Labute approximate surface area is 118 Å². The number of nitriles is 1. The Bertz CT molecular complexity index is 651. The number of nitrogens with zero attached hydrogens (tertiary/aromatic N) is 2.